The van der Waals surface area contributed by atoms with Crippen LogP contribution in [0.5, 0.6) is 0 Å². The van der Waals surface area contributed by atoms with E-state index >= 15 is 0 Å². The molecule has 0 fully saturated rings. The minimum atomic E-state index is -0.323. The third-order valence-electron chi connectivity index (χ3n) is 2.34. The third kappa shape index (κ3) is 1.90. The number of pyridine rings is 1. The van der Waals surface area contributed by atoms with Gasteiger partial charge >= 0.3 is 0 Å². The van der Waals surface area contributed by atoms with Crippen molar-refractivity contribution in [3.8, 4) is 0 Å². The summed E-state index contributed by atoms with van der Waals surface area (Å²) in [6.45, 7) is -0.198. The molecule has 80 valence electrons. The second kappa shape index (κ2) is 4.30. The van der Waals surface area contributed by atoms with Crippen LogP contribution in [0.3, 0.4) is 0 Å². The number of halogens is 1. The molecular weight excluding hydrogens is 260 g/mol. The Morgan fingerprint density at radius 2 is 2.13 bits per heavy atom. The Bertz CT molecular complexity index is 465. The van der Waals surface area contributed by atoms with E-state index in [4.69, 9.17) is 10.2 Å². The molecule has 0 bridgehead atoms. The van der Waals surface area contributed by atoms with Crippen LogP contribution in [-0.4, -0.2) is 33.0 Å². The number of aliphatic hydroxyl groups is 2. The lowest BCUT2D eigenvalue weighted by Crippen LogP contribution is -2.16. The van der Waals surface area contributed by atoms with Crippen molar-refractivity contribution in [2.75, 3.05) is 13.2 Å². The molecule has 2 aromatic rings. The summed E-state index contributed by atoms with van der Waals surface area (Å²) >= 11 is 3.34. The van der Waals surface area contributed by atoms with Gasteiger partial charge in [-0.3, -0.25) is 0 Å². The SMILES string of the molecule is OCC(CO)n1ccc2cc(Br)cnc21. The summed E-state index contributed by atoms with van der Waals surface area (Å²) < 4.78 is 2.69. The molecule has 0 aliphatic heterocycles. The van der Waals surface area contributed by atoms with Crippen LogP contribution in [0, 0.1) is 0 Å². The summed E-state index contributed by atoms with van der Waals surface area (Å²) in [5, 5.41) is 19.2. The number of aliphatic hydroxyl groups excluding tert-OH is 2. The first-order valence-corrected chi connectivity index (χ1v) is 5.39. The van der Waals surface area contributed by atoms with Gasteiger partial charge < -0.3 is 14.8 Å². The van der Waals surface area contributed by atoms with Crippen molar-refractivity contribution in [2.24, 2.45) is 0 Å². The van der Waals surface area contributed by atoms with Gasteiger partial charge in [-0.05, 0) is 28.1 Å². The van der Waals surface area contributed by atoms with Crippen molar-refractivity contribution in [1.82, 2.24) is 9.55 Å². The van der Waals surface area contributed by atoms with E-state index in [0.29, 0.717) is 0 Å². The van der Waals surface area contributed by atoms with Crippen LogP contribution >= 0.6 is 15.9 Å². The van der Waals surface area contributed by atoms with Gasteiger partial charge in [0, 0.05) is 22.3 Å². The lowest BCUT2D eigenvalue weighted by atomic mass is 10.3. The predicted molar refractivity (Wildman–Crippen MR) is 60.6 cm³/mol. The molecular formula is C10H11BrN2O2. The first kappa shape index (κ1) is 10.6. The summed E-state index contributed by atoms with van der Waals surface area (Å²) in [5.41, 5.74) is 0.770. The number of fused-ring (bicyclic) bond motifs is 1. The van der Waals surface area contributed by atoms with Crippen molar-refractivity contribution < 1.29 is 10.2 Å². The van der Waals surface area contributed by atoms with E-state index < -0.39 is 0 Å². The first-order valence-electron chi connectivity index (χ1n) is 4.60. The normalized spacial score (nSPS) is 11.5. The van der Waals surface area contributed by atoms with Gasteiger partial charge in [-0.15, -0.1) is 0 Å². The van der Waals surface area contributed by atoms with Crippen molar-refractivity contribution >= 4 is 27.0 Å². The van der Waals surface area contributed by atoms with Gasteiger partial charge in [-0.2, -0.15) is 0 Å². The molecule has 0 saturated carbocycles. The van der Waals surface area contributed by atoms with E-state index in [9.17, 15) is 0 Å². The van der Waals surface area contributed by atoms with Crippen LogP contribution in [0.1, 0.15) is 6.04 Å². The lowest BCUT2D eigenvalue weighted by molar-refractivity contribution is 0.157. The highest BCUT2D eigenvalue weighted by Crippen LogP contribution is 2.21. The van der Waals surface area contributed by atoms with E-state index in [2.05, 4.69) is 20.9 Å². The van der Waals surface area contributed by atoms with E-state index in [1.54, 1.807) is 10.8 Å². The molecule has 2 aromatic heterocycles. The second-order valence-corrected chi connectivity index (χ2v) is 4.22. The number of rotatable bonds is 3. The number of nitrogens with zero attached hydrogens (tertiary/aromatic N) is 2. The molecule has 0 radical (unpaired) electrons. The maximum absolute atomic E-state index is 9.09. The van der Waals surface area contributed by atoms with Crippen LogP contribution < -0.4 is 0 Å². The quantitative estimate of drug-likeness (QED) is 0.885. The van der Waals surface area contributed by atoms with Gasteiger partial charge in [-0.25, -0.2) is 4.98 Å². The Morgan fingerprint density at radius 3 is 2.80 bits per heavy atom. The maximum Gasteiger partial charge on any atom is 0.140 e. The Balaban J connectivity index is 2.53. The monoisotopic (exact) mass is 270 g/mol. The summed E-state index contributed by atoms with van der Waals surface area (Å²) in [6.07, 6.45) is 3.52. The third-order valence-corrected chi connectivity index (χ3v) is 2.77. The van der Waals surface area contributed by atoms with Gasteiger partial charge in [0.2, 0.25) is 0 Å². The summed E-state index contributed by atoms with van der Waals surface area (Å²) in [4.78, 5) is 4.25. The molecule has 2 heterocycles. The highest BCUT2D eigenvalue weighted by Gasteiger charge is 2.11. The largest absolute Gasteiger partial charge is 0.394 e. The van der Waals surface area contributed by atoms with Crippen molar-refractivity contribution in [3.63, 3.8) is 0 Å². The molecule has 4 nitrogen and oxygen atoms in total. The lowest BCUT2D eigenvalue weighted by Gasteiger charge is -2.13. The molecule has 2 rings (SSSR count). The molecule has 0 aromatic carbocycles. The number of aromatic nitrogens is 2. The van der Waals surface area contributed by atoms with Crippen LogP contribution in [0.2, 0.25) is 0 Å². The van der Waals surface area contributed by atoms with Gasteiger partial charge in [0.25, 0.3) is 0 Å². The van der Waals surface area contributed by atoms with Crippen LogP contribution in [0.4, 0.5) is 0 Å². The molecule has 0 spiro atoms. The summed E-state index contributed by atoms with van der Waals surface area (Å²) in [6, 6.07) is 3.53. The molecule has 0 amide bonds. The summed E-state index contributed by atoms with van der Waals surface area (Å²) in [5.74, 6) is 0. The molecule has 0 saturated heterocycles. The van der Waals surface area contributed by atoms with Gasteiger partial charge in [0.15, 0.2) is 0 Å². The zero-order chi connectivity index (χ0) is 10.8. The topological polar surface area (TPSA) is 58.3 Å². The number of hydrogen-bond acceptors (Lipinski definition) is 3. The Kier molecular flexibility index (Phi) is 3.04. The van der Waals surface area contributed by atoms with Crippen LogP contribution in [0.25, 0.3) is 11.0 Å². The van der Waals surface area contributed by atoms with Crippen LogP contribution in [0.15, 0.2) is 29.0 Å². The molecule has 2 N–H and O–H groups in total. The van der Waals surface area contributed by atoms with E-state index in [-0.39, 0.29) is 19.3 Å². The van der Waals surface area contributed by atoms with Gasteiger partial charge in [0.1, 0.15) is 5.65 Å². The molecule has 0 unspecified atom stereocenters. The fourth-order valence-corrected chi connectivity index (χ4v) is 1.89. The molecule has 0 atom stereocenters. The van der Waals surface area contributed by atoms with Crippen molar-refractivity contribution in [3.05, 3.63) is 29.0 Å². The first-order chi connectivity index (χ1) is 7.26. The second-order valence-electron chi connectivity index (χ2n) is 3.31. The van der Waals surface area contributed by atoms with Crippen LogP contribution in [-0.2, 0) is 0 Å². The fourth-order valence-electron chi connectivity index (χ4n) is 1.55. The van der Waals surface area contributed by atoms with Gasteiger partial charge in [-0.1, -0.05) is 0 Å². The average Bonchev–Trinajstić information content (AvgIpc) is 2.63. The van der Waals surface area contributed by atoms with Crippen molar-refractivity contribution in [2.45, 2.75) is 6.04 Å². The standard InChI is InChI=1S/C10H11BrN2O2/c11-8-3-7-1-2-13(9(5-14)6-15)10(7)12-4-8/h1-4,9,14-15H,5-6H2. The van der Waals surface area contributed by atoms with E-state index in [1.165, 1.54) is 0 Å². The van der Waals surface area contributed by atoms with E-state index in [0.717, 1.165) is 15.5 Å². The molecule has 5 heteroatoms. The predicted octanol–water partition coefficient (Wildman–Crippen LogP) is 1.32. The Hall–Kier alpha value is -0.910. The Morgan fingerprint density at radius 1 is 1.40 bits per heavy atom. The molecule has 15 heavy (non-hydrogen) atoms. The van der Waals surface area contributed by atoms with Gasteiger partial charge in [0.05, 0.1) is 19.3 Å². The minimum Gasteiger partial charge on any atom is -0.394 e. The van der Waals surface area contributed by atoms with E-state index in [1.807, 2.05) is 18.3 Å². The smallest absolute Gasteiger partial charge is 0.140 e. The molecule has 0 aliphatic rings. The maximum atomic E-state index is 9.09. The average molecular weight is 271 g/mol. The highest BCUT2D eigenvalue weighted by atomic mass is 79.9. The fraction of sp³-hybridized carbons (Fsp3) is 0.300. The number of hydrogen-bond donors (Lipinski definition) is 2. The molecule has 0 aliphatic carbocycles. The Labute approximate surface area is 95.3 Å². The zero-order valence-electron chi connectivity index (χ0n) is 7.97. The highest BCUT2D eigenvalue weighted by molar-refractivity contribution is 9.10. The van der Waals surface area contributed by atoms with Crippen molar-refractivity contribution in [1.29, 1.82) is 0 Å². The zero-order valence-corrected chi connectivity index (χ0v) is 9.55. The summed E-state index contributed by atoms with van der Waals surface area (Å²) in [7, 11) is 0. The minimum absolute atomic E-state index is 0.0992.